The molecule has 1 fully saturated rings. The first kappa shape index (κ1) is 10.6. The molecule has 0 unspecified atom stereocenters. The Morgan fingerprint density at radius 3 is 2.53 bits per heavy atom. The van der Waals surface area contributed by atoms with E-state index in [2.05, 4.69) is 0 Å². The first-order valence-corrected chi connectivity index (χ1v) is 5.11. The van der Waals surface area contributed by atoms with Crippen LogP contribution >= 0.6 is 0 Å². The zero-order valence-corrected chi connectivity index (χ0v) is 8.74. The van der Waals surface area contributed by atoms with Gasteiger partial charge in [0.05, 0.1) is 11.7 Å². The van der Waals surface area contributed by atoms with Crippen molar-refractivity contribution >= 4 is 0 Å². The quantitative estimate of drug-likeness (QED) is 0.825. The summed E-state index contributed by atoms with van der Waals surface area (Å²) in [6.45, 7) is 0. The second-order valence-electron chi connectivity index (χ2n) is 4.29. The highest BCUT2D eigenvalue weighted by atomic mass is 19.1. The van der Waals surface area contributed by atoms with Gasteiger partial charge in [0, 0.05) is 26.4 Å². The van der Waals surface area contributed by atoms with Gasteiger partial charge < -0.3 is 9.84 Å². The van der Waals surface area contributed by atoms with Gasteiger partial charge in [-0.1, -0.05) is 12.1 Å². The molecule has 1 saturated carbocycles. The molecular formula is C12H15FO2. The van der Waals surface area contributed by atoms with Crippen LogP contribution in [0.5, 0.6) is 0 Å². The summed E-state index contributed by atoms with van der Waals surface area (Å²) in [5, 5.41) is 10.1. The fourth-order valence-corrected chi connectivity index (χ4v) is 2.08. The number of hydrogen-bond donors (Lipinski definition) is 1. The molecule has 2 rings (SSSR count). The van der Waals surface area contributed by atoms with Gasteiger partial charge in [-0.3, -0.25) is 0 Å². The van der Waals surface area contributed by atoms with E-state index in [1.807, 2.05) is 0 Å². The van der Waals surface area contributed by atoms with Crippen molar-refractivity contribution in [2.45, 2.75) is 31.0 Å². The standard InChI is InChI=1S/C12H15FO2/c1-15-11-7-12(14,8-11)6-9-2-4-10(13)5-3-9/h2-5,11,14H,6-8H2,1H3. The second-order valence-corrected chi connectivity index (χ2v) is 4.29. The summed E-state index contributed by atoms with van der Waals surface area (Å²) in [6.07, 6.45) is 2.09. The summed E-state index contributed by atoms with van der Waals surface area (Å²) < 4.78 is 17.8. The van der Waals surface area contributed by atoms with Gasteiger partial charge in [-0.05, 0) is 17.7 Å². The van der Waals surface area contributed by atoms with Crippen molar-refractivity contribution in [2.75, 3.05) is 7.11 Å². The molecule has 1 aromatic rings. The van der Waals surface area contributed by atoms with Crippen molar-refractivity contribution in [3.05, 3.63) is 35.6 Å². The topological polar surface area (TPSA) is 29.5 Å². The molecule has 0 aliphatic heterocycles. The predicted octanol–water partition coefficient (Wildman–Crippen LogP) is 1.91. The van der Waals surface area contributed by atoms with Gasteiger partial charge in [-0.15, -0.1) is 0 Å². The Hall–Kier alpha value is -0.930. The average molecular weight is 210 g/mol. The van der Waals surface area contributed by atoms with E-state index in [4.69, 9.17) is 4.74 Å². The highest BCUT2D eigenvalue weighted by Gasteiger charge is 2.42. The third-order valence-electron chi connectivity index (χ3n) is 3.00. The molecule has 2 nitrogen and oxygen atoms in total. The number of benzene rings is 1. The van der Waals surface area contributed by atoms with E-state index in [1.54, 1.807) is 19.2 Å². The Morgan fingerprint density at radius 2 is 2.00 bits per heavy atom. The lowest BCUT2D eigenvalue weighted by Gasteiger charge is -2.42. The molecule has 3 heteroatoms. The van der Waals surface area contributed by atoms with Crippen LogP contribution in [-0.4, -0.2) is 23.9 Å². The minimum absolute atomic E-state index is 0.176. The molecule has 0 radical (unpaired) electrons. The Labute approximate surface area is 88.7 Å². The molecule has 1 aromatic carbocycles. The van der Waals surface area contributed by atoms with Crippen LogP contribution in [-0.2, 0) is 11.2 Å². The minimum Gasteiger partial charge on any atom is -0.389 e. The summed E-state index contributed by atoms with van der Waals surface area (Å²) >= 11 is 0. The van der Waals surface area contributed by atoms with E-state index in [1.165, 1.54) is 12.1 Å². The maximum Gasteiger partial charge on any atom is 0.123 e. The van der Waals surface area contributed by atoms with Crippen LogP contribution in [0.15, 0.2) is 24.3 Å². The van der Waals surface area contributed by atoms with Crippen LogP contribution < -0.4 is 0 Å². The lowest BCUT2D eigenvalue weighted by atomic mass is 9.74. The van der Waals surface area contributed by atoms with Crippen LogP contribution in [0.25, 0.3) is 0 Å². The Bertz CT molecular complexity index is 328. The van der Waals surface area contributed by atoms with Crippen LogP contribution in [0, 0.1) is 5.82 Å². The summed E-state index contributed by atoms with van der Waals surface area (Å²) in [7, 11) is 1.65. The number of methoxy groups -OCH3 is 1. The van der Waals surface area contributed by atoms with Crippen molar-refractivity contribution in [3.63, 3.8) is 0 Å². The molecule has 82 valence electrons. The normalized spacial score (nSPS) is 29.9. The molecule has 1 N–H and O–H groups in total. The number of ether oxygens (including phenoxy) is 1. The molecule has 1 aliphatic carbocycles. The van der Waals surface area contributed by atoms with E-state index in [0.717, 1.165) is 5.56 Å². The van der Waals surface area contributed by atoms with Crippen LogP contribution in [0.4, 0.5) is 4.39 Å². The predicted molar refractivity (Wildman–Crippen MR) is 55.1 cm³/mol. The summed E-state index contributed by atoms with van der Waals surface area (Å²) in [5.74, 6) is -0.242. The number of rotatable bonds is 3. The minimum atomic E-state index is -0.654. The fraction of sp³-hybridized carbons (Fsp3) is 0.500. The van der Waals surface area contributed by atoms with Gasteiger partial charge in [0.1, 0.15) is 5.82 Å². The van der Waals surface area contributed by atoms with Crippen molar-refractivity contribution in [2.24, 2.45) is 0 Å². The largest absolute Gasteiger partial charge is 0.389 e. The molecule has 15 heavy (non-hydrogen) atoms. The van der Waals surface area contributed by atoms with E-state index >= 15 is 0 Å². The molecule has 1 aliphatic rings. The number of hydrogen-bond acceptors (Lipinski definition) is 2. The van der Waals surface area contributed by atoms with E-state index < -0.39 is 5.60 Å². The SMILES string of the molecule is COC1CC(O)(Cc2ccc(F)cc2)C1. The molecule has 0 spiro atoms. The molecule has 0 atom stereocenters. The first-order chi connectivity index (χ1) is 7.11. The highest BCUT2D eigenvalue weighted by molar-refractivity contribution is 5.19. The van der Waals surface area contributed by atoms with Crippen molar-refractivity contribution < 1.29 is 14.2 Å². The molecule has 0 amide bonds. The third kappa shape index (κ3) is 2.36. The summed E-state index contributed by atoms with van der Waals surface area (Å²) in [5.41, 5.74) is 0.312. The Balaban J connectivity index is 1.95. The summed E-state index contributed by atoms with van der Waals surface area (Å²) in [6, 6.07) is 6.27. The first-order valence-electron chi connectivity index (χ1n) is 5.11. The van der Waals surface area contributed by atoms with E-state index in [9.17, 15) is 9.50 Å². The molecule has 0 aromatic heterocycles. The van der Waals surface area contributed by atoms with Crippen LogP contribution in [0.3, 0.4) is 0 Å². The van der Waals surface area contributed by atoms with Crippen LogP contribution in [0.2, 0.25) is 0 Å². The number of halogens is 1. The zero-order chi connectivity index (χ0) is 10.9. The number of aliphatic hydroxyl groups is 1. The van der Waals surface area contributed by atoms with Crippen molar-refractivity contribution in [1.29, 1.82) is 0 Å². The molecule has 0 saturated heterocycles. The van der Waals surface area contributed by atoms with Crippen LogP contribution in [0.1, 0.15) is 18.4 Å². The maximum absolute atomic E-state index is 12.6. The van der Waals surface area contributed by atoms with Gasteiger partial charge in [0.15, 0.2) is 0 Å². The van der Waals surface area contributed by atoms with E-state index in [0.29, 0.717) is 19.3 Å². The average Bonchev–Trinajstić information content (AvgIpc) is 2.17. The monoisotopic (exact) mass is 210 g/mol. The van der Waals surface area contributed by atoms with Gasteiger partial charge in [-0.2, -0.15) is 0 Å². The second kappa shape index (κ2) is 3.91. The Kier molecular flexibility index (Phi) is 2.76. The van der Waals surface area contributed by atoms with Crippen molar-refractivity contribution in [3.8, 4) is 0 Å². The van der Waals surface area contributed by atoms with Gasteiger partial charge in [-0.25, -0.2) is 4.39 Å². The summed E-state index contributed by atoms with van der Waals surface area (Å²) in [4.78, 5) is 0. The molecule has 0 heterocycles. The van der Waals surface area contributed by atoms with Gasteiger partial charge in [0.25, 0.3) is 0 Å². The smallest absolute Gasteiger partial charge is 0.123 e. The van der Waals surface area contributed by atoms with Crippen molar-refractivity contribution in [1.82, 2.24) is 0 Å². The lowest BCUT2D eigenvalue weighted by Crippen LogP contribution is -2.49. The van der Waals surface area contributed by atoms with Gasteiger partial charge in [0.2, 0.25) is 0 Å². The molecular weight excluding hydrogens is 195 g/mol. The fourth-order valence-electron chi connectivity index (χ4n) is 2.08. The van der Waals surface area contributed by atoms with E-state index in [-0.39, 0.29) is 11.9 Å². The highest BCUT2D eigenvalue weighted by Crippen LogP contribution is 2.36. The molecule has 0 bridgehead atoms. The lowest BCUT2D eigenvalue weighted by molar-refractivity contribution is -0.126. The Morgan fingerprint density at radius 1 is 1.40 bits per heavy atom. The zero-order valence-electron chi connectivity index (χ0n) is 8.74. The van der Waals surface area contributed by atoms with Gasteiger partial charge >= 0.3 is 0 Å². The third-order valence-corrected chi connectivity index (χ3v) is 3.00. The maximum atomic E-state index is 12.6.